The molecule has 2 aliphatic rings. The number of carbonyl (C=O) groups excluding carboxylic acids is 1. The van der Waals surface area contributed by atoms with E-state index in [1.165, 1.54) is 0 Å². The van der Waals surface area contributed by atoms with Crippen molar-refractivity contribution < 1.29 is 9.53 Å². The smallest absolute Gasteiger partial charge is 0.274 e. The van der Waals surface area contributed by atoms with Crippen molar-refractivity contribution >= 4 is 11.6 Å². The second kappa shape index (κ2) is 7.02. The monoisotopic (exact) mass is 354 g/mol. The van der Waals surface area contributed by atoms with Crippen LogP contribution in [0, 0.1) is 0 Å². The Balaban J connectivity index is 1.53. The van der Waals surface area contributed by atoms with Gasteiger partial charge in [-0.05, 0) is 44.7 Å². The number of amides is 1. The van der Waals surface area contributed by atoms with Crippen LogP contribution in [-0.4, -0.2) is 53.8 Å². The number of hydrogen-bond acceptors (Lipinski definition) is 4. The van der Waals surface area contributed by atoms with E-state index in [2.05, 4.69) is 28.1 Å². The van der Waals surface area contributed by atoms with Gasteiger partial charge in [0.25, 0.3) is 5.91 Å². The first-order chi connectivity index (χ1) is 12.7. The molecule has 138 valence electrons. The molecule has 0 bridgehead atoms. The van der Waals surface area contributed by atoms with Gasteiger partial charge in [0.05, 0.1) is 12.8 Å². The zero-order chi connectivity index (χ0) is 18.1. The summed E-state index contributed by atoms with van der Waals surface area (Å²) in [5, 5.41) is 7.39. The lowest BCUT2D eigenvalue weighted by Crippen LogP contribution is -2.40. The number of para-hydroxylation sites is 2. The maximum atomic E-state index is 13.2. The van der Waals surface area contributed by atoms with Crippen molar-refractivity contribution in [2.75, 3.05) is 31.6 Å². The van der Waals surface area contributed by atoms with Crippen LogP contribution in [0.15, 0.2) is 24.3 Å². The van der Waals surface area contributed by atoms with Gasteiger partial charge in [0, 0.05) is 36.9 Å². The maximum Gasteiger partial charge on any atom is 0.274 e. The number of hydrogen-bond donors (Lipinski definition) is 1. The number of carbonyl (C=O) groups is 1. The van der Waals surface area contributed by atoms with Gasteiger partial charge in [-0.2, -0.15) is 5.10 Å². The zero-order valence-corrected chi connectivity index (χ0v) is 15.5. The van der Waals surface area contributed by atoms with Crippen LogP contribution in [-0.2, 0) is 12.8 Å². The van der Waals surface area contributed by atoms with Crippen LogP contribution in [0.5, 0.6) is 5.75 Å². The van der Waals surface area contributed by atoms with E-state index in [1.54, 1.807) is 7.11 Å². The van der Waals surface area contributed by atoms with E-state index in [0.29, 0.717) is 12.2 Å². The van der Waals surface area contributed by atoms with Gasteiger partial charge in [-0.15, -0.1) is 0 Å². The van der Waals surface area contributed by atoms with Gasteiger partial charge in [0.1, 0.15) is 5.75 Å². The third-order valence-electron chi connectivity index (χ3n) is 5.66. The van der Waals surface area contributed by atoms with Gasteiger partial charge >= 0.3 is 0 Å². The summed E-state index contributed by atoms with van der Waals surface area (Å²) < 4.78 is 5.51. The quantitative estimate of drug-likeness (QED) is 0.920. The molecule has 1 amide bonds. The summed E-state index contributed by atoms with van der Waals surface area (Å²) in [5.41, 5.74) is 4.01. The van der Waals surface area contributed by atoms with Crippen LogP contribution in [0.1, 0.15) is 41.5 Å². The summed E-state index contributed by atoms with van der Waals surface area (Å²) in [6.07, 6.45) is 4.01. The highest BCUT2D eigenvalue weighted by Gasteiger charge is 2.31. The average molecular weight is 354 g/mol. The third kappa shape index (κ3) is 2.93. The van der Waals surface area contributed by atoms with Crippen LogP contribution >= 0.6 is 0 Å². The fourth-order valence-electron chi connectivity index (χ4n) is 4.12. The summed E-state index contributed by atoms with van der Waals surface area (Å²) in [6.45, 7) is 4.53. The molecular weight excluding hydrogens is 328 g/mol. The van der Waals surface area contributed by atoms with Gasteiger partial charge in [0.2, 0.25) is 0 Å². The number of methoxy groups -OCH3 is 1. The lowest BCUT2D eigenvalue weighted by molar-refractivity contribution is 0.0698. The van der Waals surface area contributed by atoms with Crippen LogP contribution < -0.4 is 9.64 Å². The molecule has 1 aliphatic heterocycles. The van der Waals surface area contributed by atoms with Crippen molar-refractivity contribution in [1.29, 1.82) is 0 Å². The predicted molar refractivity (Wildman–Crippen MR) is 101 cm³/mol. The average Bonchev–Trinajstić information content (AvgIpc) is 3.22. The second-order valence-corrected chi connectivity index (χ2v) is 7.18. The number of ether oxygens (including phenoxy) is 1. The molecule has 1 atom stereocenters. The summed E-state index contributed by atoms with van der Waals surface area (Å²) in [7, 11) is 1.70. The third-order valence-corrected chi connectivity index (χ3v) is 5.66. The van der Waals surface area contributed by atoms with E-state index in [1.807, 2.05) is 23.1 Å². The minimum Gasteiger partial charge on any atom is -0.495 e. The number of H-pyrrole nitrogens is 1. The molecule has 0 saturated carbocycles. The largest absolute Gasteiger partial charge is 0.495 e. The van der Waals surface area contributed by atoms with Crippen molar-refractivity contribution in [3.05, 3.63) is 41.2 Å². The fourth-order valence-corrected chi connectivity index (χ4v) is 4.12. The Morgan fingerprint density at radius 2 is 2.08 bits per heavy atom. The molecule has 0 spiro atoms. The Morgan fingerprint density at radius 1 is 1.23 bits per heavy atom. The first-order valence-electron chi connectivity index (χ1n) is 9.44. The molecule has 1 unspecified atom stereocenters. The van der Waals surface area contributed by atoms with Gasteiger partial charge in [0.15, 0.2) is 5.69 Å². The number of nitrogens with one attached hydrogen (secondary N) is 1. The van der Waals surface area contributed by atoms with Crippen molar-refractivity contribution in [2.24, 2.45) is 0 Å². The molecule has 0 radical (unpaired) electrons. The number of aryl methyl sites for hydroxylation is 1. The van der Waals surface area contributed by atoms with E-state index in [-0.39, 0.29) is 11.9 Å². The van der Waals surface area contributed by atoms with Crippen molar-refractivity contribution in [2.45, 2.75) is 38.6 Å². The minimum absolute atomic E-state index is 0.0683. The summed E-state index contributed by atoms with van der Waals surface area (Å²) >= 11 is 0. The molecule has 1 aromatic heterocycles. The SMILES string of the molecule is COc1ccccc1N1CCC(C)N(C(=O)c2n[nH]c3c2CCC3)CC1. The van der Waals surface area contributed by atoms with Gasteiger partial charge in [-0.3, -0.25) is 9.89 Å². The molecule has 4 rings (SSSR count). The number of fused-ring (bicyclic) bond motifs is 1. The molecule has 6 nitrogen and oxygen atoms in total. The van der Waals surface area contributed by atoms with Crippen molar-refractivity contribution in [3.8, 4) is 5.75 Å². The summed E-state index contributed by atoms with van der Waals surface area (Å²) in [5.74, 6) is 0.948. The highest BCUT2D eigenvalue weighted by Crippen LogP contribution is 2.30. The normalized spacial score (nSPS) is 20.0. The highest BCUT2D eigenvalue weighted by atomic mass is 16.5. The predicted octanol–water partition coefficient (Wildman–Crippen LogP) is 2.65. The Labute approximate surface area is 154 Å². The van der Waals surface area contributed by atoms with Crippen LogP contribution in [0.3, 0.4) is 0 Å². The standard InChI is InChI=1S/C20H26N4O2/c1-14-10-11-23(17-8-3-4-9-18(17)26-2)12-13-24(14)20(25)19-15-6-5-7-16(15)21-22-19/h3-4,8-9,14H,5-7,10-13H2,1-2H3,(H,21,22). The molecular formula is C20H26N4O2. The van der Waals surface area contributed by atoms with Crippen LogP contribution in [0.25, 0.3) is 0 Å². The second-order valence-electron chi connectivity index (χ2n) is 7.18. The molecule has 2 aromatic rings. The van der Waals surface area contributed by atoms with E-state index >= 15 is 0 Å². The molecule has 1 aliphatic carbocycles. The van der Waals surface area contributed by atoms with Crippen LogP contribution in [0.2, 0.25) is 0 Å². The first-order valence-corrected chi connectivity index (χ1v) is 9.44. The van der Waals surface area contributed by atoms with E-state index < -0.39 is 0 Å². The van der Waals surface area contributed by atoms with E-state index in [9.17, 15) is 4.79 Å². The Kier molecular flexibility index (Phi) is 4.57. The molecule has 1 saturated heterocycles. The Morgan fingerprint density at radius 3 is 2.92 bits per heavy atom. The number of anilines is 1. The lowest BCUT2D eigenvalue weighted by atomic mass is 10.1. The Bertz CT molecular complexity index is 801. The molecule has 1 N–H and O–H groups in total. The van der Waals surface area contributed by atoms with E-state index in [0.717, 1.165) is 61.5 Å². The number of benzene rings is 1. The summed E-state index contributed by atoms with van der Waals surface area (Å²) in [4.78, 5) is 17.5. The zero-order valence-electron chi connectivity index (χ0n) is 15.5. The van der Waals surface area contributed by atoms with E-state index in [4.69, 9.17) is 4.74 Å². The minimum atomic E-state index is 0.0683. The van der Waals surface area contributed by atoms with Gasteiger partial charge < -0.3 is 14.5 Å². The lowest BCUT2D eigenvalue weighted by Gasteiger charge is -2.26. The Hall–Kier alpha value is -2.50. The van der Waals surface area contributed by atoms with Gasteiger partial charge in [-0.1, -0.05) is 12.1 Å². The fraction of sp³-hybridized carbons (Fsp3) is 0.500. The number of rotatable bonds is 3. The topological polar surface area (TPSA) is 61.5 Å². The maximum absolute atomic E-state index is 13.2. The molecule has 26 heavy (non-hydrogen) atoms. The molecule has 1 fully saturated rings. The summed E-state index contributed by atoms with van der Waals surface area (Å²) in [6, 6.07) is 8.27. The first kappa shape index (κ1) is 16.9. The molecule has 2 heterocycles. The van der Waals surface area contributed by atoms with Gasteiger partial charge in [-0.25, -0.2) is 0 Å². The highest BCUT2D eigenvalue weighted by molar-refractivity contribution is 5.94. The van der Waals surface area contributed by atoms with Crippen LogP contribution in [0.4, 0.5) is 5.69 Å². The number of aromatic nitrogens is 2. The number of aromatic amines is 1. The van der Waals surface area contributed by atoms with Crippen molar-refractivity contribution in [3.63, 3.8) is 0 Å². The number of nitrogens with zero attached hydrogens (tertiary/aromatic N) is 3. The molecule has 6 heteroatoms. The van der Waals surface area contributed by atoms with Crippen molar-refractivity contribution in [1.82, 2.24) is 15.1 Å². The molecule has 1 aromatic carbocycles.